The lowest BCUT2D eigenvalue weighted by Gasteiger charge is -2.22. The topological polar surface area (TPSA) is 50.4 Å². The maximum absolute atomic E-state index is 12.1. The fourth-order valence-electron chi connectivity index (χ4n) is 2.34. The molecule has 0 saturated carbocycles. The van der Waals surface area contributed by atoms with E-state index in [2.05, 4.69) is 10.6 Å². The Morgan fingerprint density at radius 3 is 2.90 bits per heavy atom. The number of anilines is 1. The van der Waals surface area contributed by atoms with Crippen molar-refractivity contribution < 1.29 is 9.53 Å². The number of benzene rings is 1. The molecule has 0 spiro atoms. The summed E-state index contributed by atoms with van der Waals surface area (Å²) in [6, 6.07) is 5.76. The molecule has 1 atom stereocenters. The lowest BCUT2D eigenvalue weighted by atomic mass is 9.98. The monoisotopic (exact) mass is 298 g/mol. The molecule has 112 valence electrons. The molecule has 1 fully saturated rings. The third-order valence-electron chi connectivity index (χ3n) is 3.43. The predicted octanol–water partition coefficient (Wildman–Crippen LogP) is 2.75. The van der Waals surface area contributed by atoms with Crippen LogP contribution >= 0.6 is 12.4 Å². The van der Waals surface area contributed by atoms with Crippen molar-refractivity contribution in [3.8, 4) is 5.75 Å². The summed E-state index contributed by atoms with van der Waals surface area (Å²) in [5, 5.41) is 6.28. The first-order chi connectivity index (χ1) is 9.20. The zero-order valence-electron chi connectivity index (χ0n) is 12.1. The summed E-state index contributed by atoms with van der Waals surface area (Å²) in [5.41, 5.74) is 1.90. The van der Waals surface area contributed by atoms with Crippen LogP contribution in [-0.2, 0) is 4.79 Å². The molecule has 20 heavy (non-hydrogen) atoms. The van der Waals surface area contributed by atoms with Gasteiger partial charge in [0.1, 0.15) is 5.75 Å². The Hall–Kier alpha value is -1.26. The van der Waals surface area contributed by atoms with Gasteiger partial charge in [-0.15, -0.1) is 12.4 Å². The van der Waals surface area contributed by atoms with E-state index in [1.807, 2.05) is 32.0 Å². The molecular formula is C15H23ClN2O2. The molecular weight excluding hydrogens is 276 g/mol. The van der Waals surface area contributed by atoms with Gasteiger partial charge < -0.3 is 15.4 Å². The van der Waals surface area contributed by atoms with Crippen LogP contribution in [0.3, 0.4) is 0 Å². The SMILES string of the molecule is CCOc1ccc(NC(=O)C2CCCNC2)c(C)c1.Cl. The largest absolute Gasteiger partial charge is 0.494 e. The van der Waals surface area contributed by atoms with Gasteiger partial charge in [-0.1, -0.05) is 0 Å². The Morgan fingerprint density at radius 1 is 1.50 bits per heavy atom. The van der Waals surface area contributed by atoms with Crippen molar-refractivity contribution in [2.45, 2.75) is 26.7 Å². The third-order valence-corrected chi connectivity index (χ3v) is 3.43. The molecule has 2 rings (SSSR count). The van der Waals surface area contributed by atoms with Crippen LogP contribution in [0.15, 0.2) is 18.2 Å². The first-order valence-corrected chi connectivity index (χ1v) is 6.95. The van der Waals surface area contributed by atoms with Crippen molar-refractivity contribution in [2.75, 3.05) is 25.0 Å². The summed E-state index contributed by atoms with van der Waals surface area (Å²) in [4.78, 5) is 12.1. The van der Waals surface area contributed by atoms with E-state index in [0.29, 0.717) is 6.61 Å². The summed E-state index contributed by atoms with van der Waals surface area (Å²) in [6.45, 7) is 6.39. The molecule has 0 radical (unpaired) electrons. The van der Waals surface area contributed by atoms with E-state index in [9.17, 15) is 4.79 Å². The number of nitrogens with one attached hydrogen (secondary N) is 2. The fraction of sp³-hybridized carbons (Fsp3) is 0.533. The zero-order valence-corrected chi connectivity index (χ0v) is 12.9. The van der Waals surface area contributed by atoms with Crippen molar-refractivity contribution >= 4 is 24.0 Å². The molecule has 1 aliphatic heterocycles. The first kappa shape index (κ1) is 16.8. The maximum Gasteiger partial charge on any atom is 0.228 e. The standard InChI is InChI=1S/C15H22N2O2.ClH/c1-3-19-13-6-7-14(11(2)9-13)17-15(18)12-5-4-8-16-10-12;/h6-7,9,12,16H,3-5,8,10H2,1-2H3,(H,17,18);1H. The van der Waals surface area contributed by atoms with Crippen molar-refractivity contribution in [3.63, 3.8) is 0 Å². The van der Waals surface area contributed by atoms with Gasteiger partial charge in [-0.05, 0) is 57.0 Å². The van der Waals surface area contributed by atoms with Gasteiger partial charge >= 0.3 is 0 Å². The minimum atomic E-state index is 0. The third kappa shape index (κ3) is 4.39. The highest BCUT2D eigenvalue weighted by Crippen LogP contribution is 2.22. The summed E-state index contributed by atoms with van der Waals surface area (Å²) < 4.78 is 5.44. The number of amides is 1. The highest BCUT2D eigenvalue weighted by Gasteiger charge is 2.21. The van der Waals surface area contributed by atoms with Crippen LogP contribution in [0.5, 0.6) is 5.75 Å². The van der Waals surface area contributed by atoms with Crippen LogP contribution in [0.1, 0.15) is 25.3 Å². The van der Waals surface area contributed by atoms with Crippen LogP contribution < -0.4 is 15.4 Å². The molecule has 2 N–H and O–H groups in total. The summed E-state index contributed by atoms with van der Waals surface area (Å²) in [7, 11) is 0. The van der Waals surface area contributed by atoms with Gasteiger partial charge in [0.15, 0.2) is 0 Å². The normalized spacial score (nSPS) is 18.0. The summed E-state index contributed by atoms with van der Waals surface area (Å²) in [6.07, 6.45) is 2.04. The number of ether oxygens (including phenoxy) is 1. The van der Waals surface area contributed by atoms with E-state index in [-0.39, 0.29) is 24.2 Å². The number of aryl methyl sites for hydroxylation is 1. The molecule has 4 nitrogen and oxygen atoms in total. The molecule has 1 saturated heterocycles. The fourth-order valence-corrected chi connectivity index (χ4v) is 2.34. The number of hydrogen-bond donors (Lipinski definition) is 2. The van der Waals surface area contributed by atoms with Crippen LogP contribution in [0.4, 0.5) is 5.69 Å². The van der Waals surface area contributed by atoms with Gasteiger partial charge in [-0.25, -0.2) is 0 Å². The smallest absolute Gasteiger partial charge is 0.228 e. The van der Waals surface area contributed by atoms with Crippen molar-refractivity contribution in [2.24, 2.45) is 5.92 Å². The van der Waals surface area contributed by atoms with Crippen LogP contribution in [0.2, 0.25) is 0 Å². The highest BCUT2D eigenvalue weighted by atomic mass is 35.5. The summed E-state index contributed by atoms with van der Waals surface area (Å²) in [5.74, 6) is 1.04. The molecule has 1 aromatic carbocycles. The highest BCUT2D eigenvalue weighted by molar-refractivity contribution is 5.93. The molecule has 0 bridgehead atoms. The summed E-state index contributed by atoms with van der Waals surface area (Å²) >= 11 is 0. The Morgan fingerprint density at radius 2 is 2.30 bits per heavy atom. The number of carbonyl (C=O) groups is 1. The minimum Gasteiger partial charge on any atom is -0.494 e. The number of carbonyl (C=O) groups excluding carboxylic acids is 1. The van der Waals surface area contributed by atoms with E-state index >= 15 is 0 Å². The maximum atomic E-state index is 12.1. The number of piperidine rings is 1. The molecule has 0 aromatic heterocycles. The Balaban J connectivity index is 0.00000200. The van der Waals surface area contributed by atoms with Gasteiger partial charge in [0.25, 0.3) is 0 Å². The van der Waals surface area contributed by atoms with E-state index in [1.54, 1.807) is 0 Å². The average molecular weight is 299 g/mol. The van der Waals surface area contributed by atoms with Gasteiger partial charge in [0.05, 0.1) is 12.5 Å². The van der Waals surface area contributed by atoms with E-state index < -0.39 is 0 Å². The second-order valence-electron chi connectivity index (χ2n) is 4.94. The van der Waals surface area contributed by atoms with Gasteiger partial charge in [-0.2, -0.15) is 0 Å². The second kappa shape index (κ2) is 8.12. The number of halogens is 1. The molecule has 1 aromatic rings. The molecule has 0 aliphatic carbocycles. The van der Waals surface area contributed by atoms with Crippen LogP contribution in [0, 0.1) is 12.8 Å². The van der Waals surface area contributed by atoms with Crippen molar-refractivity contribution in [3.05, 3.63) is 23.8 Å². The molecule has 1 amide bonds. The number of hydrogen-bond acceptors (Lipinski definition) is 3. The quantitative estimate of drug-likeness (QED) is 0.898. The first-order valence-electron chi connectivity index (χ1n) is 6.95. The Bertz CT molecular complexity index is 445. The number of rotatable bonds is 4. The second-order valence-corrected chi connectivity index (χ2v) is 4.94. The Kier molecular flexibility index (Phi) is 6.82. The lowest BCUT2D eigenvalue weighted by molar-refractivity contribution is -0.120. The lowest BCUT2D eigenvalue weighted by Crippen LogP contribution is -2.37. The van der Waals surface area contributed by atoms with Gasteiger partial charge in [-0.3, -0.25) is 4.79 Å². The molecule has 1 aliphatic rings. The van der Waals surface area contributed by atoms with E-state index in [4.69, 9.17) is 4.74 Å². The van der Waals surface area contributed by atoms with Crippen molar-refractivity contribution in [1.82, 2.24) is 5.32 Å². The van der Waals surface area contributed by atoms with Crippen LogP contribution in [0.25, 0.3) is 0 Å². The predicted molar refractivity (Wildman–Crippen MR) is 83.8 cm³/mol. The van der Waals surface area contributed by atoms with E-state index in [1.165, 1.54) is 0 Å². The van der Waals surface area contributed by atoms with E-state index in [0.717, 1.165) is 42.9 Å². The van der Waals surface area contributed by atoms with Crippen molar-refractivity contribution in [1.29, 1.82) is 0 Å². The zero-order chi connectivity index (χ0) is 13.7. The molecule has 1 unspecified atom stereocenters. The van der Waals surface area contributed by atoms with Gasteiger partial charge in [0.2, 0.25) is 5.91 Å². The minimum absolute atomic E-state index is 0. The molecule has 1 heterocycles. The Labute approximate surface area is 126 Å². The van der Waals surface area contributed by atoms with Crippen LogP contribution in [-0.4, -0.2) is 25.6 Å². The van der Waals surface area contributed by atoms with Gasteiger partial charge in [0, 0.05) is 12.2 Å². The average Bonchev–Trinajstić information content (AvgIpc) is 2.43. The molecule has 5 heteroatoms.